The minimum Gasteiger partial charge on any atom is -0.397 e. The summed E-state index contributed by atoms with van der Waals surface area (Å²) in [5.74, 6) is 0. The summed E-state index contributed by atoms with van der Waals surface area (Å²) < 4.78 is 0. The van der Waals surface area contributed by atoms with Crippen LogP contribution in [-0.2, 0) is 0 Å². The smallest absolute Gasteiger partial charge is 0.265 e. The molecule has 1 atom stereocenters. The lowest BCUT2D eigenvalue weighted by Gasteiger charge is -2.13. The molecular formula is C13H12N2O2S. The number of nitro groups is 1. The van der Waals surface area contributed by atoms with Gasteiger partial charge in [0.15, 0.2) is 0 Å². The normalized spacial score (nSPS) is 12.1. The van der Waals surface area contributed by atoms with Crippen molar-refractivity contribution in [1.82, 2.24) is 0 Å². The molecule has 4 nitrogen and oxygen atoms in total. The number of hydrogen-bond acceptors (Lipinski definition) is 4. The maximum atomic E-state index is 11.3. The first kappa shape index (κ1) is 12.4. The van der Waals surface area contributed by atoms with E-state index in [0.29, 0.717) is 21.7 Å². The molecule has 0 aromatic heterocycles. The zero-order valence-corrected chi connectivity index (χ0v) is 10.4. The van der Waals surface area contributed by atoms with Crippen LogP contribution in [0.25, 0.3) is 0 Å². The van der Waals surface area contributed by atoms with Gasteiger partial charge < -0.3 is 5.73 Å². The predicted octanol–water partition coefficient (Wildman–Crippen LogP) is 2.92. The molecule has 0 saturated carbocycles. The number of nitrogens with two attached hydrogens (primary N) is 1. The summed E-state index contributed by atoms with van der Waals surface area (Å²) in [6.07, 6.45) is 0. The molecule has 0 heterocycles. The van der Waals surface area contributed by atoms with Gasteiger partial charge in [-0.05, 0) is 12.1 Å². The van der Waals surface area contributed by atoms with Gasteiger partial charge in [-0.2, -0.15) is 0 Å². The van der Waals surface area contributed by atoms with Crippen LogP contribution in [0.1, 0.15) is 17.2 Å². The quantitative estimate of drug-likeness (QED) is 0.386. The van der Waals surface area contributed by atoms with Crippen molar-refractivity contribution < 1.29 is 4.92 Å². The Kier molecular flexibility index (Phi) is 3.53. The van der Waals surface area contributed by atoms with E-state index >= 15 is 0 Å². The molecule has 0 fully saturated rings. The lowest BCUT2D eigenvalue weighted by atomic mass is 9.98. The van der Waals surface area contributed by atoms with Gasteiger partial charge in [-0.25, -0.2) is 0 Å². The van der Waals surface area contributed by atoms with Crippen molar-refractivity contribution in [3.05, 3.63) is 69.8 Å². The molecule has 5 heteroatoms. The van der Waals surface area contributed by atoms with Crippen LogP contribution in [0.5, 0.6) is 0 Å². The van der Waals surface area contributed by atoms with Gasteiger partial charge in [-0.1, -0.05) is 36.4 Å². The Balaban J connectivity index is 2.56. The van der Waals surface area contributed by atoms with Gasteiger partial charge in [0.05, 0.1) is 11.3 Å². The molecule has 2 N–H and O–H groups in total. The Morgan fingerprint density at radius 2 is 1.78 bits per heavy atom. The standard InChI is InChI=1S/C13H12N2O2S/c14-12-10(7-4-8-11(12)18)13(15(16)17)9-5-2-1-3-6-9/h1-8,13,18H,14H2. The number of thiol groups is 1. The van der Waals surface area contributed by atoms with Crippen LogP contribution in [0.4, 0.5) is 5.69 Å². The Labute approximate surface area is 110 Å². The van der Waals surface area contributed by atoms with E-state index < -0.39 is 6.04 Å². The maximum Gasteiger partial charge on any atom is 0.265 e. The van der Waals surface area contributed by atoms with E-state index in [4.69, 9.17) is 5.73 Å². The van der Waals surface area contributed by atoms with Gasteiger partial charge >= 0.3 is 0 Å². The molecule has 2 aromatic carbocycles. The van der Waals surface area contributed by atoms with Crippen molar-refractivity contribution >= 4 is 18.3 Å². The second kappa shape index (κ2) is 5.10. The summed E-state index contributed by atoms with van der Waals surface area (Å²) in [7, 11) is 0. The fourth-order valence-electron chi connectivity index (χ4n) is 1.86. The van der Waals surface area contributed by atoms with E-state index in [0.717, 1.165) is 0 Å². The van der Waals surface area contributed by atoms with Crippen LogP contribution in [-0.4, -0.2) is 4.92 Å². The van der Waals surface area contributed by atoms with Crippen molar-refractivity contribution in [2.75, 3.05) is 5.73 Å². The van der Waals surface area contributed by atoms with Crippen molar-refractivity contribution in [2.24, 2.45) is 0 Å². The second-order valence-corrected chi connectivity index (χ2v) is 4.36. The maximum absolute atomic E-state index is 11.3. The van der Waals surface area contributed by atoms with Crippen LogP contribution in [0.2, 0.25) is 0 Å². The highest BCUT2D eigenvalue weighted by molar-refractivity contribution is 7.80. The number of nitrogens with zero attached hydrogens (tertiary/aromatic N) is 1. The Morgan fingerprint density at radius 3 is 2.39 bits per heavy atom. The molecule has 0 aliphatic heterocycles. The van der Waals surface area contributed by atoms with Crippen LogP contribution in [0.15, 0.2) is 53.4 Å². The van der Waals surface area contributed by atoms with Gasteiger partial charge in [0.2, 0.25) is 0 Å². The fourth-order valence-corrected chi connectivity index (χ4v) is 2.07. The van der Waals surface area contributed by atoms with E-state index in [2.05, 4.69) is 12.6 Å². The van der Waals surface area contributed by atoms with E-state index in [1.807, 2.05) is 6.07 Å². The SMILES string of the molecule is Nc1c(S)cccc1C(c1ccccc1)[N+](=O)[O-]. The van der Waals surface area contributed by atoms with Crippen molar-refractivity contribution in [1.29, 1.82) is 0 Å². The molecule has 2 aromatic rings. The zero-order chi connectivity index (χ0) is 13.1. The van der Waals surface area contributed by atoms with E-state index in [-0.39, 0.29) is 4.92 Å². The lowest BCUT2D eigenvalue weighted by Crippen LogP contribution is -2.14. The molecule has 18 heavy (non-hydrogen) atoms. The molecule has 0 amide bonds. The van der Waals surface area contributed by atoms with Crippen molar-refractivity contribution in [3.8, 4) is 0 Å². The summed E-state index contributed by atoms with van der Waals surface area (Å²) in [6, 6.07) is 12.9. The summed E-state index contributed by atoms with van der Waals surface area (Å²) in [5.41, 5.74) is 7.31. The topological polar surface area (TPSA) is 69.2 Å². The minimum atomic E-state index is -0.960. The van der Waals surface area contributed by atoms with Crippen LogP contribution < -0.4 is 5.73 Å². The van der Waals surface area contributed by atoms with Crippen LogP contribution in [0, 0.1) is 10.1 Å². The first-order chi connectivity index (χ1) is 8.61. The second-order valence-electron chi connectivity index (χ2n) is 3.88. The molecular weight excluding hydrogens is 248 g/mol. The van der Waals surface area contributed by atoms with Gasteiger partial charge in [0.1, 0.15) is 0 Å². The average Bonchev–Trinajstić information content (AvgIpc) is 2.36. The number of nitrogen functional groups attached to an aromatic ring is 1. The highest BCUT2D eigenvalue weighted by Gasteiger charge is 2.27. The van der Waals surface area contributed by atoms with Gasteiger partial charge in [-0.3, -0.25) is 10.1 Å². The molecule has 0 aliphatic rings. The van der Waals surface area contributed by atoms with Crippen LogP contribution in [0.3, 0.4) is 0 Å². The monoisotopic (exact) mass is 260 g/mol. The molecule has 2 rings (SSSR count). The highest BCUT2D eigenvalue weighted by atomic mass is 32.1. The third-order valence-electron chi connectivity index (χ3n) is 2.74. The first-order valence-electron chi connectivity index (χ1n) is 5.37. The van der Waals surface area contributed by atoms with Gasteiger partial charge in [0, 0.05) is 15.4 Å². The number of para-hydroxylation sites is 1. The summed E-state index contributed by atoms with van der Waals surface area (Å²) >= 11 is 4.20. The summed E-state index contributed by atoms with van der Waals surface area (Å²) in [4.78, 5) is 11.5. The van der Waals surface area contributed by atoms with Gasteiger partial charge in [0.25, 0.3) is 6.04 Å². The molecule has 0 aliphatic carbocycles. The fraction of sp³-hybridized carbons (Fsp3) is 0.0769. The Morgan fingerprint density at radius 1 is 1.11 bits per heavy atom. The minimum absolute atomic E-state index is 0.339. The third-order valence-corrected chi connectivity index (χ3v) is 3.13. The first-order valence-corrected chi connectivity index (χ1v) is 5.81. The Bertz CT molecular complexity index is 572. The lowest BCUT2D eigenvalue weighted by molar-refractivity contribution is -0.517. The zero-order valence-electron chi connectivity index (χ0n) is 9.48. The molecule has 92 valence electrons. The van der Waals surface area contributed by atoms with Gasteiger partial charge in [-0.15, -0.1) is 12.6 Å². The van der Waals surface area contributed by atoms with Crippen LogP contribution >= 0.6 is 12.6 Å². The number of rotatable bonds is 3. The number of anilines is 1. The molecule has 1 unspecified atom stereocenters. The Hall–Kier alpha value is -2.01. The largest absolute Gasteiger partial charge is 0.397 e. The van der Waals surface area contributed by atoms with Crippen molar-refractivity contribution in [3.63, 3.8) is 0 Å². The van der Waals surface area contributed by atoms with E-state index in [9.17, 15) is 10.1 Å². The average molecular weight is 260 g/mol. The molecule has 0 saturated heterocycles. The summed E-state index contributed by atoms with van der Waals surface area (Å²) in [5, 5.41) is 11.3. The summed E-state index contributed by atoms with van der Waals surface area (Å²) in [6.45, 7) is 0. The van der Waals surface area contributed by atoms with E-state index in [1.165, 1.54) is 0 Å². The highest BCUT2D eigenvalue weighted by Crippen LogP contribution is 2.32. The predicted molar refractivity (Wildman–Crippen MR) is 73.4 cm³/mol. The molecule has 0 radical (unpaired) electrons. The number of benzene rings is 2. The number of hydrogen-bond donors (Lipinski definition) is 2. The van der Waals surface area contributed by atoms with Crippen molar-refractivity contribution in [2.45, 2.75) is 10.9 Å². The molecule has 0 bridgehead atoms. The third kappa shape index (κ3) is 2.31. The molecule has 0 spiro atoms. The van der Waals surface area contributed by atoms with E-state index in [1.54, 1.807) is 42.5 Å².